The van der Waals surface area contributed by atoms with Crippen molar-refractivity contribution in [2.75, 3.05) is 18.5 Å². The van der Waals surface area contributed by atoms with Crippen LogP contribution in [0, 0.1) is 5.82 Å². The zero-order valence-corrected chi connectivity index (χ0v) is 10.1. The minimum absolute atomic E-state index is 0.167. The molecular weight excluding hydrogens is 239 g/mol. The topological polar surface area (TPSA) is 71.5 Å². The fraction of sp³-hybridized carbons (Fsp3) is 0.500. The van der Waals surface area contributed by atoms with Gasteiger partial charge in [-0.25, -0.2) is 14.2 Å². The van der Waals surface area contributed by atoms with E-state index in [1.807, 2.05) is 6.92 Å². The Morgan fingerprint density at radius 2 is 2.50 bits per heavy atom. The van der Waals surface area contributed by atoms with E-state index in [9.17, 15) is 9.18 Å². The quantitative estimate of drug-likeness (QED) is 0.858. The van der Waals surface area contributed by atoms with Crippen LogP contribution < -0.4 is 5.32 Å². The van der Waals surface area contributed by atoms with Crippen LogP contribution in [0.2, 0.25) is 0 Å². The van der Waals surface area contributed by atoms with E-state index in [1.165, 1.54) is 0 Å². The fourth-order valence-corrected chi connectivity index (χ4v) is 1.99. The van der Waals surface area contributed by atoms with Crippen LogP contribution in [-0.4, -0.2) is 34.8 Å². The van der Waals surface area contributed by atoms with Gasteiger partial charge in [0, 0.05) is 13.2 Å². The molecule has 5 nitrogen and oxygen atoms in total. The van der Waals surface area contributed by atoms with E-state index in [1.54, 1.807) is 0 Å². The number of nitrogens with one attached hydrogen (secondary N) is 1. The SMILES string of the molecule is CC1(CNc2ncc(F)cc2C(=O)O)CCCO1. The zero-order chi connectivity index (χ0) is 13.2. The van der Waals surface area contributed by atoms with E-state index >= 15 is 0 Å². The van der Waals surface area contributed by atoms with Gasteiger partial charge in [-0.2, -0.15) is 0 Å². The van der Waals surface area contributed by atoms with E-state index in [-0.39, 0.29) is 17.0 Å². The Morgan fingerprint density at radius 3 is 3.11 bits per heavy atom. The van der Waals surface area contributed by atoms with Crippen LogP contribution in [0.5, 0.6) is 0 Å². The Hall–Kier alpha value is -1.69. The standard InChI is InChI=1S/C12H15FN2O3/c1-12(3-2-4-18-12)7-15-10-9(11(16)17)5-8(13)6-14-10/h5-6H,2-4,7H2,1H3,(H,14,15)(H,16,17). The van der Waals surface area contributed by atoms with Crippen LogP contribution in [0.1, 0.15) is 30.1 Å². The molecule has 6 heteroatoms. The number of anilines is 1. The minimum Gasteiger partial charge on any atom is -0.478 e. The van der Waals surface area contributed by atoms with E-state index < -0.39 is 11.8 Å². The first kappa shape index (κ1) is 12.8. The number of ether oxygens (including phenoxy) is 1. The molecule has 0 radical (unpaired) electrons. The molecule has 1 fully saturated rings. The Labute approximate surface area is 104 Å². The molecule has 1 saturated heterocycles. The highest BCUT2D eigenvalue weighted by Crippen LogP contribution is 2.25. The number of halogens is 1. The molecular formula is C12H15FN2O3. The first-order chi connectivity index (χ1) is 8.50. The van der Waals surface area contributed by atoms with Gasteiger partial charge >= 0.3 is 5.97 Å². The molecule has 18 heavy (non-hydrogen) atoms. The summed E-state index contributed by atoms with van der Waals surface area (Å²) >= 11 is 0. The van der Waals surface area contributed by atoms with Gasteiger partial charge in [0.05, 0.1) is 11.8 Å². The lowest BCUT2D eigenvalue weighted by Crippen LogP contribution is -2.33. The van der Waals surface area contributed by atoms with Crippen LogP contribution in [0.15, 0.2) is 12.3 Å². The normalized spacial score (nSPS) is 23.0. The van der Waals surface area contributed by atoms with Crippen molar-refractivity contribution < 1.29 is 19.0 Å². The number of carboxylic acids is 1. The monoisotopic (exact) mass is 254 g/mol. The maximum Gasteiger partial charge on any atom is 0.339 e. The predicted octanol–water partition coefficient (Wildman–Crippen LogP) is 1.90. The molecule has 1 aromatic heterocycles. The van der Waals surface area contributed by atoms with Crippen molar-refractivity contribution in [2.24, 2.45) is 0 Å². The second kappa shape index (κ2) is 4.89. The summed E-state index contributed by atoms with van der Waals surface area (Å²) < 4.78 is 18.5. The molecule has 1 aliphatic rings. The molecule has 0 spiro atoms. The van der Waals surface area contributed by atoms with Crippen LogP contribution in [-0.2, 0) is 4.74 Å². The minimum atomic E-state index is -1.21. The highest BCUT2D eigenvalue weighted by atomic mass is 19.1. The lowest BCUT2D eigenvalue weighted by Gasteiger charge is -2.24. The van der Waals surface area contributed by atoms with Gasteiger partial charge in [-0.15, -0.1) is 0 Å². The third kappa shape index (κ3) is 2.76. The lowest BCUT2D eigenvalue weighted by atomic mass is 10.0. The molecule has 1 unspecified atom stereocenters. The summed E-state index contributed by atoms with van der Waals surface area (Å²) in [7, 11) is 0. The average Bonchev–Trinajstić information content (AvgIpc) is 2.75. The lowest BCUT2D eigenvalue weighted by molar-refractivity contribution is 0.0314. The van der Waals surface area contributed by atoms with Gasteiger partial charge in [-0.3, -0.25) is 0 Å². The van der Waals surface area contributed by atoms with Crippen LogP contribution in [0.3, 0.4) is 0 Å². The molecule has 98 valence electrons. The number of pyridine rings is 1. The second-order valence-electron chi connectivity index (χ2n) is 4.61. The molecule has 2 rings (SSSR count). The summed E-state index contributed by atoms with van der Waals surface area (Å²) in [5.74, 6) is -1.70. The second-order valence-corrected chi connectivity index (χ2v) is 4.61. The molecule has 2 N–H and O–H groups in total. The van der Waals surface area contributed by atoms with Gasteiger partial charge in [0.25, 0.3) is 0 Å². The first-order valence-corrected chi connectivity index (χ1v) is 5.77. The van der Waals surface area contributed by atoms with Crippen molar-refractivity contribution in [1.82, 2.24) is 4.98 Å². The number of hydrogen-bond acceptors (Lipinski definition) is 4. The number of carbonyl (C=O) groups is 1. The number of aromatic nitrogens is 1. The Kier molecular flexibility index (Phi) is 3.47. The van der Waals surface area contributed by atoms with Gasteiger partial charge < -0.3 is 15.2 Å². The molecule has 0 aliphatic carbocycles. The molecule has 1 atom stereocenters. The molecule has 1 aromatic rings. The molecule has 1 aliphatic heterocycles. The van der Waals surface area contributed by atoms with Crippen molar-refractivity contribution in [3.8, 4) is 0 Å². The Morgan fingerprint density at radius 1 is 1.72 bits per heavy atom. The Balaban J connectivity index is 2.11. The molecule has 0 aromatic carbocycles. The van der Waals surface area contributed by atoms with Crippen LogP contribution in [0.25, 0.3) is 0 Å². The smallest absolute Gasteiger partial charge is 0.339 e. The van der Waals surface area contributed by atoms with Gasteiger partial charge in [0.2, 0.25) is 0 Å². The average molecular weight is 254 g/mol. The number of aromatic carboxylic acids is 1. The third-order valence-corrected chi connectivity index (χ3v) is 3.01. The maximum absolute atomic E-state index is 12.9. The number of rotatable bonds is 4. The van der Waals surface area contributed by atoms with Gasteiger partial charge in [0.1, 0.15) is 17.2 Å². The summed E-state index contributed by atoms with van der Waals surface area (Å²) in [5.41, 5.74) is -0.483. The summed E-state index contributed by atoms with van der Waals surface area (Å²) in [5, 5.41) is 11.9. The Bertz CT molecular complexity index is 459. The molecule has 2 heterocycles. The summed E-state index contributed by atoms with van der Waals surface area (Å²) in [6.07, 6.45) is 2.89. The molecule has 0 saturated carbocycles. The number of hydrogen-bond donors (Lipinski definition) is 2. The fourth-order valence-electron chi connectivity index (χ4n) is 1.99. The van der Waals surface area contributed by atoms with Gasteiger partial charge in [0.15, 0.2) is 0 Å². The first-order valence-electron chi connectivity index (χ1n) is 5.77. The van der Waals surface area contributed by atoms with Crippen molar-refractivity contribution >= 4 is 11.8 Å². The number of nitrogens with zero attached hydrogens (tertiary/aromatic N) is 1. The van der Waals surface area contributed by atoms with Crippen LogP contribution in [0.4, 0.5) is 10.2 Å². The predicted molar refractivity (Wildman–Crippen MR) is 63.2 cm³/mol. The molecule has 0 bridgehead atoms. The summed E-state index contributed by atoms with van der Waals surface area (Å²) in [4.78, 5) is 14.7. The zero-order valence-electron chi connectivity index (χ0n) is 10.1. The van der Waals surface area contributed by atoms with E-state index in [0.717, 1.165) is 25.1 Å². The summed E-state index contributed by atoms with van der Waals surface area (Å²) in [6, 6.07) is 0.954. The van der Waals surface area contributed by atoms with Crippen molar-refractivity contribution in [2.45, 2.75) is 25.4 Å². The van der Waals surface area contributed by atoms with Gasteiger partial charge in [-0.1, -0.05) is 0 Å². The number of carboxylic acid groups (broad SMARTS) is 1. The third-order valence-electron chi connectivity index (χ3n) is 3.01. The maximum atomic E-state index is 12.9. The largest absolute Gasteiger partial charge is 0.478 e. The molecule has 0 amide bonds. The van der Waals surface area contributed by atoms with Gasteiger partial charge in [-0.05, 0) is 25.8 Å². The van der Waals surface area contributed by atoms with E-state index in [0.29, 0.717) is 13.2 Å². The highest BCUT2D eigenvalue weighted by Gasteiger charge is 2.30. The van der Waals surface area contributed by atoms with E-state index in [2.05, 4.69) is 10.3 Å². The van der Waals surface area contributed by atoms with Crippen molar-refractivity contribution in [3.63, 3.8) is 0 Å². The van der Waals surface area contributed by atoms with Crippen molar-refractivity contribution in [3.05, 3.63) is 23.6 Å². The summed E-state index contributed by atoms with van der Waals surface area (Å²) in [6.45, 7) is 3.11. The highest BCUT2D eigenvalue weighted by molar-refractivity contribution is 5.93. The van der Waals surface area contributed by atoms with E-state index in [4.69, 9.17) is 9.84 Å². The van der Waals surface area contributed by atoms with Crippen molar-refractivity contribution in [1.29, 1.82) is 0 Å². The van der Waals surface area contributed by atoms with Crippen LogP contribution >= 0.6 is 0 Å².